The molecule has 2 heteroatoms. The Balaban J connectivity index is 1.35. The molecule has 0 saturated heterocycles. The molecule has 8 aromatic rings. The Hall–Kier alpha value is -5.60. The number of aromatic nitrogens is 2. The van der Waals surface area contributed by atoms with Crippen molar-refractivity contribution in [2.75, 3.05) is 0 Å². The maximum atomic E-state index is 4.98. The molecule has 0 fully saturated rings. The third-order valence-corrected chi connectivity index (χ3v) is 8.15. The molecule has 0 N–H and O–H groups in total. The van der Waals surface area contributed by atoms with Gasteiger partial charge < -0.3 is 0 Å². The number of benzene rings is 6. The molecular formula is C40H26N2. The fourth-order valence-electron chi connectivity index (χ4n) is 6.27. The van der Waals surface area contributed by atoms with E-state index in [2.05, 4.69) is 132 Å². The average Bonchev–Trinajstić information content (AvgIpc) is 3.07. The Morgan fingerprint density at radius 1 is 0.381 bits per heavy atom. The molecule has 8 rings (SSSR count). The zero-order valence-corrected chi connectivity index (χ0v) is 22.9. The van der Waals surface area contributed by atoms with E-state index in [1.165, 1.54) is 54.6 Å². The SMILES string of the molecule is c1ccc(-c2c3ccccc3c(-c3cccc4cc(-c5cccc(-c6cccnc6)n5)ccc34)c3ccccc23)cc1. The van der Waals surface area contributed by atoms with Gasteiger partial charge in [0.1, 0.15) is 0 Å². The fourth-order valence-corrected chi connectivity index (χ4v) is 6.27. The van der Waals surface area contributed by atoms with Crippen molar-refractivity contribution in [1.82, 2.24) is 9.97 Å². The lowest BCUT2D eigenvalue weighted by molar-refractivity contribution is 1.28. The highest BCUT2D eigenvalue weighted by Crippen LogP contribution is 2.45. The van der Waals surface area contributed by atoms with Crippen LogP contribution in [0.5, 0.6) is 0 Å². The summed E-state index contributed by atoms with van der Waals surface area (Å²) in [7, 11) is 0. The van der Waals surface area contributed by atoms with Crippen LogP contribution in [0.1, 0.15) is 0 Å². The lowest BCUT2D eigenvalue weighted by Crippen LogP contribution is -1.92. The zero-order valence-electron chi connectivity index (χ0n) is 22.9. The molecule has 42 heavy (non-hydrogen) atoms. The Labute approximate surface area is 244 Å². The molecule has 196 valence electrons. The Bertz CT molecular complexity index is 2180. The van der Waals surface area contributed by atoms with E-state index in [0.29, 0.717) is 0 Å². The summed E-state index contributed by atoms with van der Waals surface area (Å²) in [6.07, 6.45) is 3.65. The van der Waals surface area contributed by atoms with Crippen LogP contribution in [0.3, 0.4) is 0 Å². The van der Waals surface area contributed by atoms with Gasteiger partial charge in [0.15, 0.2) is 0 Å². The topological polar surface area (TPSA) is 25.8 Å². The molecule has 6 aromatic carbocycles. The summed E-state index contributed by atoms with van der Waals surface area (Å²) in [5.41, 5.74) is 9.02. The quantitative estimate of drug-likeness (QED) is 0.210. The molecule has 2 heterocycles. The van der Waals surface area contributed by atoms with Crippen LogP contribution in [-0.2, 0) is 0 Å². The second kappa shape index (κ2) is 10.1. The molecule has 0 spiro atoms. The first kappa shape index (κ1) is 24.2. The number of nitrogens with zero attached hydrogens (tertiary/aromatic N) is 2. The largest absolute Gasteiger partial charge is 0.264 e. The van der Waals surface area contributed by atoms with E-state index in [1.807, 2.05) is 24.4 Å². The third kappa shape index (κ3) is 4.05. The van der Waals surface area contributed by atoms with Crippen molar-refractivity contribution in [3.8, 4) is 44.8 Å². The first-order chi connectivity index (χ1) is 20.8. The maximum Gasteiger partial charge on any atom is 0.0725 e. The number of rotatable bonds is 4. The van der Waals surface area contributed by atoms with Crippen molar-refractivity contribution in [3.63, 3.8) is 0 Å². The zero-order chi connectivity index (χ0) is 27.9. The van der Waals surface area contributed by atoms with E-state index in [1.54, 1.807) is 6.20 Å². The summed E-state index contributed by atoms with van der Waals surface area (Å²) in [6, 6.07) is 51.9. The van der Waals surface area contributed by atoms with E-state index in [4.69, 9.17) is 4.98 Å². The minimum absolute atomic E-state index is 0.922. The second-order valence-electron chi connectivity index (χ2n) is 10.6. The molecule has 2 nitrogen and oxygen atoms in total. The van der Waals surface area contributed by atoms with Gasteiger partial charge in [0.25, 0.3) is 0 Å². The van der Waals surface area contributed by atoms with Crippen molar-refractivity contribution in [3.05, 3.63) is 158 Å². The standard InChI is InChI=1S/C40H26N2/c1-2-11-27(12-3-1)39-33-15-4-6-17-35(33)40(36-18-7-5-16-34(36)39)32-19-8-13-28-25-29(22-23-31(28)32)37-20-9-21-38(42-37)30-14-10-24-41-26-30/h1-26H. The minimum Gasteiger partial charge on any atom is -0.264 e. The van der Waals surface area contributed by atoms with Gasteiger partial charge in [-0.25, -0.2) is 4.98 Å². The van der Waals surface area contributed by atoms with Gasteiger partial charge >= 0.3 is 0 Å². The van der Waals surface area contributed by atoms with Crippen LogP contribution in [0.2, 0.25) is 0 Å². The summed E-state index contributed by atoms with van der Waals surface area (Å²) in [4.78, 5) is 9.25. The van der Waals surface area contributed by atoms with Crippen LogP contribution < -0.4 is 0 Å². The second-order valence-corrected chi connectivity index (χ2v) is 10.6. The highest BCUT2D eigenvalue weighted by atomic mass is 14.7. The molecule has 0 saturated carbocycles. The molecule has 0 bridgehead atoms. The number of hydrogen-bond donors (Lipinski definition) is 0. The molecular weight excluding hydrogens is 508 g/mol. The molecule has 0 radical (unpaired) electrons. The summed E-state index contributed by atoms with van der Waals surface area (Å²) in [5, 5.41) is 7.48. The highest BCUT2D eigenvalue weighted by Gasteiger charge is 2.18. The molecule has 0 aliphatic carbocycles. The number of hydrogen-bond acceptors (Lipinski definition) is 2. The normalized spacial score (nSPS) is 11.3. The van der Waals surface area contributed by atoms with Crippen LogP contribution >= 0.6 is 0 Å². The van der Waals surface area contributed by atoms with Gasteiger partial charge in [-0.05, 0) is 84.9 Å². The highest BCUT2D eigenvalue weighted by molar-refractivity contribution is 6.23. The van der Waals surface area contributed by atoms with Gasteiger partial charge in [-0.1, -0.05) is 115 Å². The van der Waals surface area contributed by atoms with Gasteiger partial charge in [0.05, 0.1) is 11.4 Å². The number of pyridine rings is 2. The number of fused-ring (bicyclic) bond motifs is 3. The van der Waals surface area contributed by atoms with Gasteiger partial charge in [-0.15, -0.1) is 0 Å². The van der Waals surface area contributed by atoms with Crippen molar-refractivity contribution in [2.24, 2.45) is 0 Å². The molecule has 0 atom stereocenters. The molecule has 0 aliphatic heterocycles. The molecule has 2 aromatic heterocycles. The Kier molecular flexibility index (Phi) is 5.82. The lowest BCUT2D eigenvalue weighted by Gasteiger charge is -2.19. The monoisotopic (exact) mass is 534 g/mol. The van der Waals surface area contributed by atoms with Gasteiger partial charge in [0, 0.05) is 23.5 Å². The lowest BCUT2D eigenvalue weighted by atomic mass is 9.84. The van der Waals surface area contributed by atoms with Crippen LogP contribution in [0, 0.1) is 0 Å². The van der Waals surface area contributed by atoms with Gasteiger partial charge in [-0.3, -0.25) is 4.98 Å². The van der Waals surface area contributed by atoms with E-state index in [-0.39, 0.29) is 0 Å². The van der Waals surface area contributed by atoms with Crippen molar-refractivity contribution >= 4 is 32.3 Å². The van der Waals surface area contributed by atoms with Crippen LogP contribution in [0.15, 0.2) is 158 Å². The first-order valence-electron chi connectivity index (χ1n) is 14.2. The fraction of sp³-hybridized carbons (Fsp3) is 0. The predicted octanol–water partition coefficient (Wildman–Crippen LogP) is 10.6. The van der Waals surface area contributed by atoms with Crippen LogP contribution in [0.25, 0.3) is 77.1 Å². The van der Waals surface area contributed by atoms with Crippen molar-refractivity contribution < 1.29 is 0 Å². The Morgan fingerprint density at radius 3 is 1.69 bits per heavy atom. The van der Waals surface area contributed by atoms with Crippen molar-refractivity contribution in [2.45, 2.75) is 0 Å². The summed E-state index contributed by atoms with van der Waals surface area (Å²) in [6.45, 7) is 0. The third-order valence-electron chi connectivity index (χ3n) is 8.15. The van der Waals surface area contributed by atoms with E-state index in [0.717, 1.165) is 22.5 Å². The Morgan fingerprint density at radius 2 is 1.00 bits per heavy atom. The summed E-state index contributed by atoms with van der Waals surface area (Å²) in [5.74, 6) is 0. The molecule has 0 aliphatic rings. The van der Waals surface area contributed by atoms with Crippen molar-refractivity contribution in [1.29, 1.82) is 0 Å². The molecule has 0 amide bonds. The first-order valence-corrected chi connectivity index (χ1v) is 14.2. The molecule has 0 unspecified atom stereocenters. The minimum atomic E-state index is 0.922. The maximum absolute atomic E-state index is 4.98. The average molecular weight is 535 g/mol. The predicted molar refractivity (Wildman–Crippen MR) is 176 cm³/mol. The van der Waals surface area contributed by atoms with E-state index < -0.39 is 0 Å². The smallest absolute Gasteiger partial charge is 0.0725 e. The van der Waals surface area contributed by atoms with Crippen LogP contribution in [-0.4, -0.2) is 9.97 Å². The van der Waals surface area contributed by atoms with Crippen LogP contribution in [0.4, 0.5) is 0 Å². The van der Waals surface area contributed by atoms with E-state index >= 15 is 0 Å². The van der Waals surface area contributed by atoms with Gasteiger partial charge in [-0.2, -0.15) is 0 Å². The summed E-state index contributed by atoms with van der Waals surface area (Å²) >= 11 is 0. The summed E-state index contributed by atoms with van der Waals surface area (Å²) < 4.78 is 0. The van der Waals surface area contributed by atoms with Gasteiger partial charge in [0.2, 0.25) is 0 Å². The van der Waals surface area contributed by atoms with E-state index in [9.17, 15) is 0 Å².